The van der Waals surface area contributed by atoms with E-state index in [-0.39, 0.29) is 17.1 Å². The standard InChI is InChI=1S/C16H15F2N5O2S/c1-19-26(24,25)14-4-3-11(5-10-6-12(17)8-13(18)7-10)15(9-14)16-20-22-23(2)21-16/h3-4,6-9,19H,5H2,1-2H3. The van der Waals surface area contributed by atoms with Gasteiger partial charge in [-0.2, -0.15) is 4.80 Å². The van der Waals surface area contributed by atoms with Gasteiger partial charge in [0.1, 0.15) is 11.6 Å². The third-order valence-corrected chi connectivity index (χ3v) is 5.14. The Hall–Kier alpha value is -2.72. The molecule has 7 nitrogen and oxygen atoms in total. The molecule has 136 valence electrons. The maximum absolute atomic E-state index is 13.5. The molecule has 0 aliphatic heterocycles. The van der Waals surface area contributed by atoms with E-state index in [1.54, 1.807) is 13.1 Å². The van der Waals surface area contributed by atoms with Crippen molar-refractivity contribution in [2.24, 2.45) is 7.05 Å². The summed E-state index contributed by atoms with van der Waals surface area (Å²) in [6, 6.07) is 7.62. The molecule has 0 spiro atoms. The van der Waals surface area contributed by atoms with E-state index < -0.39 is 21.7 Å². The van der Waals surface area contributed by atoms with Gasteiger partial charge in [0, 0.05) is 11.6 Å². The molecule has 0 aliphatic rings. The van der Waals surface area contributed by atoms with Crippen LogP contribution in [0.25, 0.3) is 11.4 Å². The van der Waals surface area contributed by atoms with Crippen LogP contribution in [0.1, 0.15) is 11.1 Å². The Kier molecular flexibility index (Phi) is 4.79. The monoisotopic (exact) mass is 379 g/mol. The molecule has 0 atom stereocenters. The lowest BCUT2D eigenvalue weighted by molar-refractivity contribution is 0.580. The molecule has 2 aromatic carbocycles. The highest BCUT2D eigenvalue weighted by Crippen LogP contribution is 2.26. The van der Waals surface area contributed by atoms with Gasteiger partial charge < -0.3 is 0 Å². The van der Waals surface area contributed by atoms with Crippen LogP contribution in [0.15, 0.2) is 41.3 Å². The summed E-state index contributed by atoms with van der Waals surface area (Å²) in [6.07, 6.45) is 0.169. The predicted molar refractivity (Wildman–Crippen MR) is 89.6 cm³/mol. The van der Waals surface area contributed by atoms with Crippen LogP contribution >= 0.6 is 0 Å². The summed E-state index contributed by atoms with van der Waals surface area (Å²) in [4.78, 5) is 1.26. The van der Waals surface area contributed by atoms with Gasteiger partial charge in [0.2, 0.25) is 15.8 Å². The van der Waals surface area contributed by atoms with Gasteiger partial charge in [0.25, 0.3) is 0 Å². The molecule has 0 radical (unpaired) electrons. The van der Waals surface area contributed by atoms with Crippen molar-refractivity contribution in [3.05, 3.63) is 59.2 Å². The topological polar surface area (TPSA) is 89.8 Å². The summed E-state index contributed by atoms with van der Waals surface area (Å²) in [5, 5.41) is 11.8. The number of halogens is 2. The molecule has 10 heteroatoms. The Morgan fingerprint density at radius 3 is 2.38 bits per heavy atom. The lowest BCUT2D eigenvalue weighted by Crippen LogP contribution is -2.18. The molecule has 26 heavy (non-hydrogen) atoms. The Balaban J connectivity index is 2.12. The van der Waals surface area contributed by atoms with E-state index in [4.69, 9.17) is 0 Å². The fourth-order valence-electron chi connectivity index (χ4n) is 2.53. The Bertz CT molecular complexity index is 1050. The first-order valence-electron chi connectivity index (χ1n) is 7.54. The third-order valence-electron chi connectivity index (χ3n) is 3.73. The number of nitrogens with zero attached hydrogens (tertiary/aromatic N) is 4. The van der Waals surface area contributed by atoms with E-state index in [1.807, 2.05) is 0 Å². The van der Waals surface area contributed by atoms with Crippen molar-refractivity contribution >= 4 is 10.0 Å². The molecule has 1 N–H and O–H groups in total. The number of rotatable bonds is 5. The number of aromatic nitrogens is 4. The second-order valence-electron chi connectivity index (χ2n) is 5.58. The number of hydrogen-bond donors (Lipinski definition) is 1. The lowest BCUT2D eigenvalue weighted by atomic mass is 9.99. The molecule has 3 aromatic rings. The summed E-state index contributed by atoms with van der Waals surface area (Å²) in [5.74, 6) is -1.16. The maximum atomic E-state index is 13.5. The predicted octanol–water partition coefficient (Wildman–Crippen LogP) is 1.65. The van der Waals surface area contributed by atoms with E-state index in [2.05, 4.69) is 20.1 Å². The first-order chi connectivity index (χ1) is 12.3. The van der Waals surface area contributed by atoms with Crippen LogP contribution in [0.3, 0.4) is 0 Å². The van der Waals surface area contributed by atoms with Gasteiger partial charge in [0.15, 0.2) is 0 Å². The molecule has 0 fully saturated rings. The van der Waals surface area contributed by atoms with E-state index in [1.165, 1.54) is 36.1 Å². The summed E-state index contributed by atoms with van der Waals surface area (Å²) < 4.78 is 53.3. The Morgan fingerprint density at radius 2 is 1.81 bits per heavy atom. The number of nitrogens with one attached hydrogen (secondary N) is 1. The Morgan fingerprint density at radius 1 is 1.12 bits per heavy atom. The number of hydrogen-bond acceptors (Lipinski definition) is 5. The molecular weight excluding hydrogens is 364 g/mol. The molecule has 0 bridgehead atoms. The number of aryl methyl sites for hydroxylation is 1. The molecule has 0 saturated carbocycles. The highest BCUT2D eigenvalue weighted by molar-refractivity contribution is 7.89. The second kappa shape index (κ2) is 6.89. The third kappa shape index (κ3) is 3.75. The molecular formula is C16H15F2N5O2S. The lowest BCUT2D eigenvalue weighted by Gasteiger charge is -2.10. The quantitative estimate of drug-likeness (QED) is 0.728. The number of sulfonamides is 1. The van der Waals surface area contributed by atoms with Crippen molar-refractivity contribution in [2.45, 2.75) is 11.3 Å². The average molecular weight is 379 g/mol. The molecule has 1 aromatic heterocycles. The van der Waals surface area contributed by atoms with Crippen molar-refractivity contribution in [1.29, 1.82) is 0 Å². The second-order valence-corrected chi connectivity index (χ2v) is 7.47. The zero-order chi connectivity index (χ0) is 18.9. The summed E-state index contributed by atoms with van der Waals surface area (Å²) in [7, 11) is -0.797. The molecule has 1 heterocycles. The van der Waals surface area contributed by atoms with Crippen LogP contribution in [-0.2, 0) is 23.5 Å². The van der Waals surface area contributed by atoms with Crippen LogP contribution < -0.4 is 4.72 Å². The van der Waals surface area contributed by atoms with Gasteiger partial charge >= 0.3 is 0 Å². The van der Waals surface area contributed by atoms with Crippen molar-refractivity contribution < 1.29 is 17.2 Å². The van der Waals surface area contributed by atoms with Gasteiger partial charge in [-0.25, -0.2) is 21.9 Å². The SMILES string of the molecule is CNS(=O)(=O)c1ccc(Cc2cc(F)cc(F)c2)c(-c2nnn(C)n2)c1. The van der Waals surface area contributed by atoms with Crippen LogP contribution in [0.4, 0.5) is 8.78 Å². The minimum absolute atomic E-state index is 0.0247. The highest BCUT2D eigenvalue weighted by atomic mass is 32.2. The fourth-order valence-corrected chi connectivity index (χ4v) is 3.28. The van der Waals surface area contributed by atoms with Gasteiger partial charge in [-0.3, -0.25) is 0 Å². The van der Waals surface area contributed by atoms with Crippen molar-refractivity contribution in [3.63, 3.8) is 0 Å². The average Bonchev–Trinajstić information content (AvgIpc) is 3.00. The number of tetrazole rings is 1. The minimum atomic E-state index is -3.68. The Labute approximate surface area is 148 Å². The molecule has 0 unspecified atom stereocenters. The summed E-state index contributed by atoms with van der Waals surface area (Å²) >= 11 is 0. The maximum Gasteiger partial charge on any atom is 0.240 e. The van der Waals surface area contributed by atoms with E-state index in [0.717, 1.165) is 6.07 Å². The number of benzene rings is 2. The molecule has 0 aliphatic carbocycles. The van der Waals surface area contributed by atoms with Gasteiger partial charge in [-0.15, -0.1) is 10.2 Å². The largest absolute Gasteiger partial charge is 0.240 e. The molecule has 0 amide bonds. The van der Waals surface area contributed by atoms with E-state index in [9.17, 15) is 17.2 Å². The first-order valence-corrected chi connectivity index (χ1v) is 9.02. The van der Waals surface area contributed by atoms with Crippen molar-refractivity contribution in [3.8, 4) is 11.4 Å². The highest BCUT2D eigenvalue weighted by Gasteiger charge is 2.18. The van der Waals surface area contributed by atoms with Crippen LogP contribution in [0.5, 0.6) is 0 Å². The first kappa shape index (κ1) is 18.1. The molecule has 0 saturated heterocycles. The van der Waals surface area contributed by atoms with Crippen molar-refractivity contribution in [2.75, 3.05) is 7.05 Å². The van der Waals surface area contributed by atoms with Gasteiger partial charge in [-0.1, -0.05) is 6.07 Å². The zero-order valence-corrected chi connectivity index (χ0v) is 14.8. The summed E-state index contributed by atoms with van der Waals surface area (Å²) in [6.45, 7) is 0. The smallest absolute Gasteiger partial charge is 0.214 e. The minimum Gasteiger partial charge on any atom is -0.214 e. The van der Waals surface area contributed by atoms with Gasteiger partial charge in [0.05, 0.1) is 11.9 Å². The van der Waals surface area contributed by atoms with Crippen LogP contribution in [0.2, 0.25) is 0 Å². The molecule has 3 rings (SSSR count). The van der Waals surface area contributed by atoms with Crippen LogP contribution in [-0.4, -0.2) is 35.7 Å². The van der Waals surface area contributed by atoms with Crippen LogP contribution in [0, 0.1) is 11.6 Å². The van der Waals surface area contributed by atoms with E-state index >= 15 is 0 Å². The normalized spacial score (nSPS) is 11.7. The fraction of sp³-hybridized carbons (Fsp3) is 0.188. The van der Waals surface area contributed by atoms with Gasteiger partial charge in [-0.05, 0) is 54.1 Å². The van der Waals surface area contributed by atoms with Crippen molar-refractivity contribution in [1.82, 2.24) is 24.9 Å². The zero-order valence-electron chi connectivity index (χ0n) is 13.9. The summed E-state index contributed by atoms with van der Waals surface area (Å²) in [5.41, 5.74) is 1.43. The van der Waals surface area contributed by atoms with E-state index in [0.29, 0.717) is 16.7 Å².